The number of nitrogens with zero attached hydrogens (tertiary/aromatic N) is 2. The topological polar surface area (TPSA) is 46.9 Å². The summed E-state index contributed by atoms with van der Waals surface area (Å²) in [6, 6.07) is 7.70. The lowest BCUT2D eigenvalue weighted by atomic mass is 10.2. The highest BCUT2D eigenvalue weighted by molar-refractivity contribution is 6.30. The molecule has 1 amide bonds. The molecule has 3 rings (SSSR count). The third-order valence-corrected chi connectivity index (χ3v) is 3.40. The van der Waals surface area contributed by atoms with Crippen molar-refractivity contribution in [1.82, 2.24) is 15.1 Å². The number of hydrogen-bond acceptors (Lipinski definition) is 2. The number of carbonyl (C=O) groups excluding carboxylic acids is 1. The lowest BCUT2D eigenvalue weighted by molar-refractivity contribution is 0.0950. The molecular formula is C14H14ClN3O. The fraction of sp³-hybridized carbons (Fsp3) is 0.286. The predicted molar refractivity (Wildman–Crippen MR) is 73.8 cm³/mol. The Morgan fingerprint density at radius 3 is 2.68 bits per heavy atom. The molecule has 1 N–H and O–H groups in total. The third kappa shape index (κ3) is 2.63. The first kappa shape index (κ1) is 12.2. The smallest absolute Gasteiger partial charge is 0.254 e. The van der Waals surface area contributed by atoms with E-state index >= 15 is 0 Å². The van der Waals surface area contributed by atoms with Crippen LogP contribution < -0.4 is 5.32 Å². The van der Waals surface area contributed by atoms with E-state index in [-0.39, 0.29) is 5.91 Å². The molecule has 4 nitrogen and oxygen atoms in total. The van der Waals surface area contributed by atoms with Crippen LogP contribution >= 0.6 is 11.6 Å². The largest absolute Gasteiger partial charge is 0.349 e. The van der Waals surface area contributed by atoms with Gasteiger partial charge >= 0.3 is 0 Å². The van der Waals surface area contributed by atoms with E-state index in [2.05, 4.69) is 10.4 Å². The van der Waals surface area contributed by atoms with E-state index in [0.29, 0.717) is 16.6 Å². The summed E-state index contributed by atoms with van der Waals surface area (Å²) >= 11 is 5.86. The van der Waals surface area contributed by atoms with Crippen LogP contribution in [-0.2, 0) is 0 Å². The van der Waals surface area contributed by atoms with Crippen molar-refractivity contribution >= 4 is 17.5 Å². The van der Waals surface area contributed by atoms with Crippen molar-refractivity contribution in [1.29, 1.82) is 0 Å². The second-order valence-electron chi connectivity index (χ2n) is 4.80. The molecule has 0 radical (unpaired) electrons. The van der Waals surface area contributed by atoms with Gasteiger partial charge in [0.25, 0.3) is 5.91 Å². The van der Waals surface area contributed by atoms with Crippen LogP contribution in [0.4, 0.5) is 0 Å². The van der Waals surface area contributed by atoms with Crippen LogP contribution in [-0.4, -0.2) is 21.7 Å². The Labute approximate surface area is 116 Å². The summed E-state index contributed by atoms with van der Waals surface area (Å²) < 4.78 is 1.70. The molecule has 0 saturated heterocycles. The quantitative estimate of drug-likeness (QED) is 0.936. The fourth-order valence-corrected chi connectivity index (χ4v) is 2.03. The van der Waals surface area contributed by atoms with E-state index in [0.717, 1.165) is 24.2 Å². The number of aromatic nitrogens is 2. The van der Waals surface area contributed by atoms with Crippen LogP contribution in [0, 0.1) is 6.92 Å². The summed E-state index contributed by atoms with van der Waals surface area (Å²) in [6.45, 7) is 1.84. The molecule has 1 aromatic carbocycles. The Hall–Kier alpha value is -1.81. The van der Waals surface area contributed by atoms with E-state index < -0.39 is 0 Å². The van der Waals surface area contributed by atoms with Gasteiger partial charge in [-0.25, -0.2) is 4.68 Å². The van der Waals surface area contributed by atoms with Gasteiger partial charge in [0, 0.05) is 17.3 Å². The molecule has 1 heterocycles. The van der Waals surface area contributed by atoms with Gasteiger partial charge in [0.05, 0.1) is 16.9 Å². The second kappa shape index (κ2) is 4.70. The summed E-state index contributed by atoms with van der Waals surface area (Å²) in [5.41, 5.74) is 2.24. The van der Waals surface area contributed by atoms with Crippen LogP contribution in [0.3, 0.4) is 0 Å². The van der Waals surface area contributed by atoms with Crippen LogP contribution in [0.1, 0.15) is 28.9 Å². The summed E-state index contributed by atoms with van der Waals surface area (Å²) in [6.07, 6.45) is 3.92. The van der Waals surface area contributed by atoms with E-state index in [1.165, 1.54) is 0 Å². The van der Waals surface area contributed by atoms with E-state index in [1.54, 1.807) is 23.0 Å². The Morgan fingerprint density at radius 2 is 2.05 bits per heavy atom. The number of hydrogen-bond donors (Lipinski definition) is 1. The fourth-order valence-electron chi connectivity index (χ4n) is 1.90. The predicted octanol–water partition coefficient (Wildman–Crippen LogP) is 2.73. The van der Waals surface area contributed by atoms with Gasteiger partial charge < -0.3 is 5.32 Å². The lowest BCUT2D eigenvalue weighted by Crippen LogP contribution is -2.25. The summed E-state index contributed by atoms with van der Waals surface area (Å²) in [5, 5.41) is 8.02. The number of aryl methyl sites for hydroxylation is 1. The Bertz CT molecular complexity index is 614. The zero-order valence-corrected chi connectivity index (χ0v) is 11.3. The monoisotopic (exact) mass is 275 g/mol. The van der Waals surface area contributed by atoms with Crippen molar-refractivity contribution in [3.63, 3.8) is 0 Å². The van der Waals surface area contributed by atoms with E-state index in [9.17, 15) is 4.79 Å². The maximum Gasteiger partial charge on any atom is 0.254 e. The van der Waals surface area contributed by atoms with Gasteiger partial charge in [-0.1, -0.05) is 11.6 Å². The van der Waals surface area contributed by atoms with Crippen molar-refractivity contribution in [3.05, 3.63) is 46.7 Å². The van der Waals surface area contributed by atoms with Gasteiger partial charge in [0.2, 0.25) is 0 Å². The number of benzene rings is 1. The highest BCUT2D eigenvalue weighted by Gasteiger charge is 2.25. The van der Waals surface area contributed by atoms with Crippen LogP contribution in [0.5, 0.6) is 0 Å². The lowest BCUT2D eigenvalue weighted by Gasteiger charge is -2.01. The highest BCUT2D eigenvalue weighted by Crippen LogP contribution is 2.20. The number of halogens is 1. The summed E-state index contributed by atoms with van der Waals surface area (Å²) in [7, 11) is 0. The average Bonchev–Trinajstić information content (AvgIpc) is 3.11. The number of rotatable bonds is 3. The number of carbonyl (C=O) groups is 1. The molecule has 0 atom stereocenters. The maximum atomic E-state index is 12.0. The first-order valence-electron chi connectivity index (χ1n) is 6.26. The third-order valence-electron chi connectivity index (χ3n) is 3.15. The number of amides is 1. The zero-order valence-electron chi connectivity index (χ0n) is 10.6. The van der Waals surface area contributed by atoms with E-state index in [1.807, 2.05) is 19.1 Å². The van der Waals surface area contributed by atoms with Gasteiger partial charge in [0.1, 0.15) is 0 Å². The van der Waals surface area contributed by atoms with Crippen molar-refractivity contribution in [3.8, 4) is 5.69 Å². The van der Waals surface area contributed by atoms with Gasteiger partial charge in [-0.15, -0.1) is 0 Å². The first-order valence-corrected chi connectivity index (χ1v) is 6.64. The van der Waals surface area contributed by atoms with Gasteiger partial charge in [-0.2, -0.15) is 5.10 Å². The summed E-state index contributed by atoms with van der Waals surface area (Å²) in [4.78, 5) is 12.0. The first-order chi connectivity index (χ1) is 9.13. The second-order valence-corrected chi connectivity index (χ2v) is 5.23. The average molecular weight is 276 g/mol. The van der Waals surface area contributed by atoms with Gasteiger partial charge in [-0.3, -0.25) is 4.79 Å². The van der Waals surface area contributed by atoms with E-state index in [4.69, 9.17) is 11.6 Å². The number of nitrogens with one attached hydrogen (secondary N) is 1. The Kier molecular flexibility index (Phi) is 3.03. The molecule has 5 heteroatoms. The molecule has 1 fully saturated rings. The molecule has 2 aromatic rings. The molecule has 1 aliphatic rings. The molecule has 1 aliphatic carbocycles. The molecule has 0 spiro atoms. The Morgan fingerprint density at radius 1 is 1.37 bits per heavy atom. The molecule has 19 heavy (non-hydrogen) atoms. The van der Waals surface area contributed by atoms with Gasteiger partial charge in [0.15, 0.2) is 0 Å². The maximum absolute atomic E-state index is 12.0. The molecular weight excluding hydrogens is 262 g/mol. The van der Waals surface area contributed by atoms with Gasteiger partial charge in [-0.05, 0) is 44.0 Å². The van der Waals surface area contributed by atoms with Crippen molar-refractivity contribution in [2.75, 3.05) is 0 Å². The minimum Gasteiger partial charge on any atom is -0.349 e. The zero-order chi connectivity index (χ0) is 13.4. The van der Waals surface area contributed by atoms with Crippen LogP contribution in [0.25, 0.3) is 5.69 Å². The molecule has 0 aliphatic heterocycles. The minimum atomic E-state index is -0.0415. The van der Waals surface area contributed by atoms with Crippen molar-refractivity contribution in [2.24, 2.45) is 0 Å². The van der Waals surface area contributed by atoms with Crippen molar-refractivity contribution < 1.29 is 4.79 Å². The van der Waals surface area contributed by atoms with Crippen molar-refractivity contribution in [2.45, 2.75) is 25.8 Å². The van der Waals surface area contributed by atoms with Crippen LogP contribution in [0.15, 0.2) is 30.5 Å². The normalized spacial score (nSPS) is 14.4. The molecule has 98 valence electrons. The minimum absolute atomic E-state index is 0.0415. The summed E-state index contributed by atoms with van der Waals surface area (Å²) in [5.74, 6) is -0.0415. The molecule has 0 bridgehead atoms. The molecule has 0 unspecified atom stereocenters. The van der Waals surface area contributed by atoms with Crippen LogP contribution in [0.2, 0.25) is 5.02 Å². The SMILES string of the molecule is Cc1nn(-c2ccc(Cl)cc2)cc1C(=O)NC1CC1. The standard InChI is InChI=1S/C14H14ClN3O/c1-9-13(14(19)16-11-4-5-11)8-18(17-9)12-6-2-10(15)3-7-12/h2-3,6-8,11H,4-5H2,1H3,(H,16,19). The molecule has 1 aromatic heterocycles. The highest BCUT2D eigenvalue weighted by atomic mass is 35.5. The Balaban J connectivity index is 1.87. The molecule has 1 saturated carbocycles.